The highest BCUT2D eigenvalue weighted by molar-refractivity contribution is 9.09. The first-order valence-corrected chi connectivity index (χ1v) is 6.58. The number of allylic oxidation sites excluding steroid dienone is 1. The van der Waals surface area contributed by atoms with Crippen LogP contribution in [0.15, 0.2) is 30.3 Å². The molecule has 0 aromatic heterocycles. The molecule has 0 amide bonds. The predicted octanol–water partition coefficient (Wildman–Crippen LogP) is 3.53. The molecule has 3 heteroatoms. The highest BCUT2D eigenvalue weighted by Crippen LogP contribution is 2.24. The van der Waals surface area contributed by atoms with Gasteiger partial charge in [0, 0.05) is 10.9 Å². The zero-order valence-corrected chi connectivity index (χ0v) is 10.7. The zero-order valence-electron chi connectivity index (χ0n) is 9.06. The van der Waals surface area contributed by atoms with Crippen molar-refractivity contribution in [1.82, 2.24) is 0 Å². The Morgan fingerprint density at radius 2 is 2.12 bits per heavy atom. The van der Waals surface area contributed by atoms with E-state index in [0.29, 0.717) is 13.2 Å². The van der Waals surface area contributed by atoms with Crippen molar-refractivity contribution in [3.05, 3.63) is 41.5 Å². The fourth-order valence-electron chi connectivity index (χ4n) is 1.64. The molecule has 0 atom stereocenters. The molecular formula is C13H15BrO2. The molecule has 0 aliphatic carbocycles. The molecule has 1 fully saturated rings. The normalized spacial score (nSPS) is 17.3. The summed E-state index contributed by atoms with van der Waals surface area (Å²) >= 11 is 3.40. The number of ether oxygens (including phenoxy) is 2. The fourth-order valence-corrected chi connectivity index (χ4v) is 1.91. The Bertz CT molecular complexity index is 357. The highest BCUT2D eigenvalue weighted by atomic mass is 79.9. The van der Waals surface area contributed by atoms with E-state index in [1.54, 1.807) is 0 Å². The summed E-state index contributed by atoms with van der Waals surface area (Å²) in [6.07, 6.45) is 5.15. The van der Waals surface area contributed by atoms with Crippen molar-refractivity contribution in [1.29, 1.82) is 0 Å². The summed E-state index contributed by atoms with van der Waals surface area (Å²) in [7, 11) is 0. The molecule has 0 saturated carbocycles. The predicted molar refractivity (Wildman–Crippen MR) is 68.5 cm³/mol. The van der Waals surface area contributed by atoms with Crippen molar-refractivity contribution >= 4 is 22.0 Å². The molecule has 2 nitrogen and oxygen atoms in total. The van der Waals surface area contributed by atoms with Crippen LogP contribution in [0.2, 0.25) is 0 Å². The van der Waals surface area contributed by atoms with Crippen LogP contribution in [0.4, 0.5) is 0 Å². The molecule has 0 unspecified atom stereocenters. The van der Waals surface area contributed by atoms with E-state index in [4.69, 9.17) is 9.47 Å². The van der Waals surface area contributed by atoms with E-state index in [1.165, 1.54) is 5.56 Å². The van der Waals surface area contributed by atoms with Gasteiger partial charge in [-0.3, -0.25) is 0 Å². The van der Waals surface area contributed by atoms with Crippen LogP contribution >= 0.6 is 15.9 Å². The Morgan fingerprint density at radius 3 is 2.88 bits per heavy atom. The van der Waals surface area contributed by atoms with Crippen LogP contribution in [0.3, 0.4) is 0 Å². The summed E-state index contributed by atoms with van der Waals surface area (Å²) in [6.45, 7) is 1.38. The maximum atomic E-state index is 5.47. The van der Waals surface area contributed by atoms with Gasteiger partial charge in [-0.05, 0) is 18.1 Å². The maximum Gasteiger partial charge on any atom is 0.184 e. The topological polar surface area (TPSA) is 18.5 Å². The molecule has 1 aromatic carbocycles. The molecule has 1 aliphatic heterocycles. The van der Waals surface area contributed by atoms with Gasteiger partial charge in [0.05, 0.1) is 13.2 Å². The number of benzene rings is 1. The lowest BCUT2D eigenvalue weighted by Crippen LogP contribution is -1.97. The van der Waals surface area contributed by atoms with Crippen molar-refractivity contribution in [2.24, 2.45) is 0 Å². The minimum absolute atomic E-state index is 0.176. The summed E-state index contributed by atoms with van der Waals surface area (Å²) in [5.74, 6) is 0. The molecule has 16 heavy (non-hydrogen) atoms. The summed E-state index contributed by atoms with van der Waals surface area (Å²) in [5, 5.41) is 0.998. The van der Waals surface area contributed by atoms with E-state index in [1.807, 2.05) is 12.1 Å². The van der Waals surface area contributed by atoms with E-state index >= 15 is 0 Å². The Labute approximate surface area is 104 Å². The van der Waals surface area contributed by atoms with Crippen LogP contribution in [-0.2, 0) is 9.47 Å². The van der Waals surface area contributed by atoms with E-state index in [2.05, 4.69) is 40.2 Å². The van der Waals surface area contributed by atoms with Crippen molar-refractivity contribution in [3.8, 4) is 0 Å². The highest BCUT2D eigenvalue weighted by Gasteiger charge is 2.17. The molecule has 1 heterocycles. The van der Waals surface area contributed by atoms with Crippen LogP contribution in [0.25, 0.3) is 6.08 Å². The van der Waals surface area contributed by atoms with E-state index in [9.17, 15) is 0 Å². The van der Waals surface area contributed by atoms with Crippen LogP contribution < -0.4 is 0 Å². The second kappa shape index (κ2) is 6.18. The molecular weight excluding hydrogens is 268 g/mol. The van der Waals surface area contributed by atoms with Gasteiger partial charge in [-0.25, -0.2) is 0 Å². The van der Waals surface area contributed by atoms with Crippen LogP contribution in [0.5, 0.6) is 0 Å². The minimum atomic E-state index is -0.176. The maximum absolute atomic E-state index is 5.47. The van der Waals surface area contributed by atoms with Gasteiger partial charge in [0.1, 0.15) is 0 Å². The molecule has 0 bridgehead atoms. The minimum Gasteiger partial charge on any atom is -0.346 e. The van der Waals surface area contributed by atoms with Crippen molar-refractivity contribution in [3.63, 3.8) is 0 Å². The Kier molecular flexibility index (Phi) is 4.57. The first-order valence-electron chi connectivity index (χ1n) is 5.46. The molecule has 1 saturated heterocycles. The van der Waals surface area contributed by atoms with E-state index in [-0.39, 0.29) is 6.29 Å². The Morgan fingerprint density at radius 1 is 1.31 bits per heavy atom. The van der Waals surface area contributed by atoms with Gasteiger partial charge >= 0.3 is 0 Å². The van der Waals surface area contributed by atoms with Gasteiger partial charge in [0.25, 0.3) is 0 Å². The van der Waals surface area contributed by atoms with Gasteiger partial charge in [0.2, 0.25) is 0 Å². The first kappa shape index (κ1) is 11.8. The summed E-state index contributed by atoms with van der Waals surface area (Å²) < 4.78 is 10.9. The third-order valence-corrected chi connectivity index (χ3v) is 2.85. The van der Waals surface area contributed by atoms with Crippen LogP contribution in [-0.4, -0.2) is 18.5 Å². The van der Waals surface area contributed by atoms with Gasteiger partial charge in [-0.15, -0.1) is 0 Å². The standard InChI is InChI=1S/C13H15BrO2/c14-7-2-1-4-11-5-3-6-12(10-11)13-15-8-9-16-13/h1,3-6,10,13H,2,7-9H2. The van der Waals surface area contributed by atoms with Gasteiger partial charge in [-0.1, -0.05) is 46.3 Å². The number of hydrogen-bond acceptors (Lipinski definition) is 2. The largest absolute Gasteiger partial charge is 0.346 e. The molecule has 1 aromatic rings. The van der Waals surface area contributed by atoms with Gasteiger partial charge in [-0.2, -0.15) is 0 Å². The third kappa shape index (κ3) is 3.17. The number of halogens is 1. The van der Waals surface area contributed by atoms with Crippen molar-refractivity contribution < 1.29 is 9.47 Å². The van der Waals surface area contributed by atoms with E-state index < -0.39 is 0 Å². The van der Waals surface area contributed by atoms with Gasteiger partial charge < -0.3 is 9.47 Å². The second-order valence-corrected chi connectivity index (χ2v) is 4.42. The molecule has 0 radical (unpaired) electrons. The number of rotatable bonds is 4. The van der Waals surface area contributed by atoms with Crippen LogP contribution in [0.1, 0.15) is 23.8 Å². The Hall–Kier alpha value is -0.640. The van der Waals surface area contributed by atoms with Crippen LogP contribution in [0, 0.1) is 0 Å². The zero-order chi connectivity index (χ0) is 11.2. The molecule has 0 N–H and O–H groups in total. The fraction of sp³-hybridized carbons (Fsp3) is 0.385. The third-order valence-electron chi connectivity index (χ3n) is 2.39. The molecule has 0 spiro atoms. The average Bonchev–Trinajstić information content (AvgIpc) is 2.83. The smallest absolute Gasteiger partial charge is 0.184 e. The SMILES string of the molecule is BrCCC=Cc1cccc(C2OCCO2)c1. The Balaban J connectivity index is 2.06. The molecule has 2 rings (SSSR count). The summed E-state index contributed by atoms with van der Waals surface area (Å²) in [6, 6.07) is 8.27. The number of alkyl halides is 1. The molecule has 1 aliphatic rings. The first-order chi connectivity index (χ1) is 7.90. The second-order valence-electron chi connectivity index (χ2n) is 3.62. The summed E-state index contributed by atoms with van der Waals surface area (Å²) in [5.41, 5.74) is 2.29. The monoisotopic (exact) mass is 282 g/mol. The summed E-state index contributed by atoms with van der Waals surface area (Å²) in [4.78, 5) is 0. The lowest BCUT2D eigenvalue weighted by atomic mass is 10.1. The van der Waals surface area contributed by atoms with Crippen molar-refractivity contribution in [2.45, 2.75) is 12.7 Å². The quantitative estimate of drug-likeness (QED) is 0.787. The average molecular weight is 283 g/mol. The van der Waals surface area contributed by atoms with E-state index in [0.717, 1.165) is 17.3 Å². The van der Waals surface area contributed by atoms with Crippen molar-refractivity contribution in [2.75, 3.05) is 18.5 Å². The lowest BCUT2D eigenvalue weighted by Gasteiger charge is -2.09. The number of hydrogen-bond donors (Lipinski definition) is 0. The van der Waals surface area contributed by atoms with Gasteiger partial charge in [0.15, 0.2) is 6.29 Å². The lowest BCUT2D eigenvalue weighted by molar-refractivity contribution is -0.0441. The molecule has 86 valence electrons.